The molecular weight excluding hydrogens is 236 g/mol. The van der Waals surface area contributed by atoms with Gasteiger partial charge in [0.15, 0.2) is 0 Å². The fourth-order valence-electron chi connectivity index (χ4n) is 1.23. The van der Waals surface area contributed by atoms with Crippen LogP contribution >= 0.6 is 11.8 Å². The zero-order valence-electron chi connectivity index (χ0n) is 9.08. The van der Waals surface area contributed by atoms with Crippen molar-refractivity contribution in [1.29, 1.82) is 5.26 Å². The molecule has 0 amide bonds. The van der Waals surface area contributed by atoms with Crippen molar-refractivity contribution in [2.75, 3.05) is 11.6 Å². The van der Waals surface area contributed by atoms with Crippen molar-refractivity contribution in [3.63, 3.8) is 0 Å². The van der Waals surface area contributed by atoms with Crippen molar-refractivity contribution >= 4 is 17.4 Å². The average molecular weight is 246 g/mol. The molecule has 0 spiro atoms. The zero-order valence-corrected chi connectivity index (χ0v) is 9.90. The van der Waals surface area contributed by atoms with E-state index in [1.807, 2.05) is 6.07 Å². The van der Waals surface area contributed by atoms with Crippen molar-refractivity contribution in [3.05, 3.63) is 29.6 Å². The molecule has 0 radical (unpaired) electrons. The third-order valence-electron chi connectivity index (χ3n) is 2.18. The van der Waals surface area contributed by atoms with Crippen molar-refractivity contribution in [2.45, 2.75) is 17.0 Å². The maximum absolute atomic E-state index is 8.73. The Morgan fingerprint density at radius 3 is 2.71 bits per heavy atom. The number of benzene rings is 1. The standard InChI is InChI=1S/C10H10N6S/c1-6-14-15-10(16(6)13)17-9-3-2-7(5-11)4-8(9)12/h2-4H,12-13H2,1H3. The fraction of sp³-hybridized carbons (Fsp3) is 0.100. The number of nitriles is 1. The van der Waals surface area contributed by atoms with Gasteiger partial charge in [0, 0.05) is 10.6 Å². The second-order valence-electron chi connectivity index (χ2n) is 3.37. The summed E-state index contributed by atoms with van der Waals surface area (Å²) >= 11 is 1.31. The zero-order chi connectivity index (χ0) is 12.4. The smallest absolute Gasteiger partial charge is 0.214 e. The molecule has 2 rings (SSSR count). The normalized spacial score (nSPS) is 10.1. The van der Waals surface area contributed by atoms with Crippen molar-refractivity contribution < 1.29 is 0 Å². The second kappa shape index (κ2) is 4.35. The largest absolute Gasteiger partial charge is 0.398 e. The lowest BCUT2D eigenvalue weighted by atomic mass is 10.2. The first-order valence-electron chi connectivity index (χ1n) is 4.76. The first kappa shape index (κ1) is 11.3. The molecule has 17 heavy (non-hydrogen) atoms. The van der Waals surface area contributed by atoms with Crippen LogP contribution < -0.4 is 11.6 Å². The van der Waals surface area contributed by atoms with E-state index in [4.69, 9.17) is 16.8 Å². The van der Waals surface area contributed by atoms with Crippen molar-refractivity contribution in [2.24, 2.45) is 0 Å². The van der Waals surface area contributed by atoms with Gasteiger partial charge in [0.1, 0.15) is 5.82 Å². The lowest BCUT2D eigenvalue weighted by Crippen LogP contribution is -2.11. The number of nitrogens with two attached hydrogens (primary N) is 2. The third kappa shape index (κ3) is 2.16. The van der Waals surface area contributed by atoms with Crippen LogP contribution in [0.2, 0.25) is 0 Å². The highest BCUT2D eigenvalue weighted by Crippen LogP contribution is 2.30. The third-order valence-corrected chi connectivity index (χ3v) is 3.23. The van der Waals surface area contributed by atoms with Crippen LogP contribution in [0.4, 0.5) is 5.69 Å². The summed E-state index contributed by atoms with van der Waals surface area (Å²) in [5, 5.41) is 17.1. The minimum absolute atomic E-state index is 0.523. The van der Waals surface area contributed by atoms with Crippen molar-refractivity contribution in [3.8, 4) is 6.07 Å². The van der Waals surface area contributed by atoms with Crippen LogP contribution in [0, 0.1) is 18.3 Å². The van der Waals surface area contributed by atoms with E-state index in [0.29, 0.717) is 22.2 Å². The number of hydrogen-bond acceptors (Lipinski definition) is 6. The van der Waals surface area contributed by atoms with Gasteiger partial charge in [-0.05, 0) is 36.9 Å². The van der Waals surface area contributed by atoms with Gasteiger partial charge in [-0.1, -0.05) is 0 Å². The molecule has 4 N–H and O–H groups in total. The number of rotatable bonds is 2. The molecule has 6 nitrogen and oxygen atoms in total. The maximum Gasteiger partial charge on any atom is 0.214 e. The molecular formula is C10H10N6S. The minimum atomic E-state index is 0.523. The molecule has 7 heteroatoms. The molecule has 0 saturated carbocycles. The molecule has 86 valence electrons. The van der Waals surface area contributed by atoms with E-state index in [1.54, 1.807) is 25.1 Å². The van der Waals surface area contributed by atoms with E-state index in [-0.39, 0.29) is 0 Å². The van der Waals surface area contributed by atoms with Crippen LogP contribution in [0.3, 0.4) is 0 Å². The summed E-state index contributed by atoms with van der Waals surface area (Å²) in [4.78, 5) is 0.795. The number of anilines is 1. The van der Waals surface area contributed by atoms with E-state index in [2.05, 4.69) is 10.2 Å². The molecule has 0 bridgehead atoms. The van der Waals surface area contributed by atoms with E-state index in [0.717, 1.165) is 4.90 Å². The van der Waals surface area contributed by atoms with Crippen molar-refractivity contribution in [1.82, 2.24) is 14.9 Å². The molecule has 0 aliphatic carbocycles. The minimum Gasteiger partial charge on any atom is -0.398 e. The SMILES string of the molecule is Cc1nnc(Sc2ccc(C#N)cc2N)n1N. The summed E-state index contributed by atoms with van der Waals surface area (Å²) in [5.74, 6) is 6.36. The Labute approximate surface area is 102 Å². The van der Waals surface area contributed by atoms with Gasteiger partial charge in [0.25, 0.3) is 0 Å². The van der Waals surface area contributed by atoms with Crippen LogP contribution in [0.15, 0.2) is 28.3 Å². The lowest BCUT2D eigenvalue weighted by Gasteiger charge is -2.04. The number of nitrogens with zero attached hydrogens (tertiary/aromatic N) is 4. The van der Waals surface area contributed by atoms with Gasteiger partial charge in [-0.15, -0.1) is 10.2 Å². The second-order valence-corrected chi connectivity index (χ2v) is 4.38. The topological polar surface area (TPSA) is 107 Å². The highest BCUT2D eigenvalue weighted by atomic mass is 32.2. The van der Waals surface area contributed by atoms with E-state index in [9.17, 15) is 0 Å². The summed E-state index contributed by atoms with van der Waals surface area (Å²) in [6.07, 6.45) is 0. The molecule has 0 aliphatic heterocycles. The number of nitrogen functional groups attached to an aromatic ring is 2. The Bertz CT molecular complexity index is 597. The average Bonchev–Trinajstić information content (AvgIpc) is 2.63. The molecule has 0 atom stereocenters. The molecule has 2 aromatic rings. The molecule has 1 aromatic carbocycles. The summed E-state index contributed by atoms with van der Waals surface area (Å²) < 4.78 is 1.39. The predicted octanol–water partition coefficient (Wildman–Crippen LogP) is 0.905. The van der Waals surface area contributed by atoms with Crippen LogP contribution in [0.25, 0.3) is 0 Å². The lowest BCUT2D eigenvalue weighted by molar-refractivity contribution is 0.825. The first-order valence-corrected chi connectivity index (χ1v) is 5.58. The molecule has 1 aromatic heterocycles. The van der Waals surface area contributed by atoms with Gasteiger partial charge in [0.2, 0.25) is 5.16 Å². The fourth-order valence-corrected chi connectivity index (χ4v) is 2.05. The molecule has 0 aliphatic rings. The molecule has 0 fully saturated rings. The van der Waals surface area contributed by atoms with Crippen LogP contribution in [0.1, 0.15) is 11.4 Å². The highest BCUT2D eigenvalue weighted by molar-refractivity contribution is 7.99. The van der Waals surface area contributed by atoms with E-state index >= 15 is 0 Å². The summed E-state index contributed by atoms with van der Waals surface area (Å²) in [5.41, 5.74) is 6.88. The van der Waals surface area contributed by atoms with Crippen LogP contribution in [0.5, 0.6) is 0 Å². The van der Waals surface area contributed by atoms with Gasteiger partial charge in [-0.3, -0.25) is 0 Å². The number of aromatic nitrogens is 3. The Hall–Kier alpha value is -2.20. The summed E-state index contributed by atoms with van der Waals surface area (Å²) in [7, 11) is 0. The van der Waals surface area contributed by atoms with Crippen LogP contribution in [-0.4, -0.2) is 14.9 Å². The number of aryl methyl sites for hydroxylation is 1. The van der Waals surface area contributed by atoms with Gasteiger partial charge in [-0.2, -0.15) is 5.26 Å². The molecule has 0 saturated heterocycles. The number of hydrogen-bond donors (Lipinski definition) is 2. The predicted molar refractivity (Wildman–Crippen MR) is 64.6 cm³/mol. The quantitative estimate of drug-likeness (QED) is 0.602. The molecule has 0 unspecified atom stereocenters. The Morgan fingerprint density at radius 2 is 2.18 bits per heavy atom. The maximum atomic E-state index is 8.73. The Kier molecular flexibility index (Phi) is 2.89. The first-order chi connectivity index (χ1) is 8.11. The summed E-state index contributed by atoms with van der Waals surface area (Å²) in [6, 6.07) is 7.11. The Balaban J connectivity index is 2.31. The van der Waals surface area contributed by atoms with Gasteiger partial charge >= 0.3 is 0 Å². The summed E-state index contributed by atoms with van der Waals surface area (Å²) in [6.45, 7) is 1.76. The van der Waals surface area contributed by atoms with E-state index < -0.39 is 0 Å². The monoisotopic (exact) mass is 246 g/mol. The van der Waals surface area contributed by atoms with Gasteiger partial charge in [0.05, 0.1) is 11.6 Å². The highest BCUT2D eigenvalue weighted by Gasteiger charge is 2.10. The van der Waals surface area contributed by atoms with Gasteiger partial charge < -0.3 is 11.6 Å². The van der Waals surface area contributed by atoms with Gasteiger partial charge in [-0.25, -0.2) is 4.68 Å². The van der Waals surface area contributed by atoms with E-state index in [1.165, 1.54) is 16.4 Å². The Morgan fingerprint density at radius 1 is 1.41 bits per heavy atom. The van der Waals surface area contributed by atoms with Crippen LogP contribution in [-0.2, 0) is 0 Å². The molecule has 1 heterocycles.